The second kappa shape index (κ2) is 8.91. The molecule has 0 aliphatic heterocycles. The predicted octanol–water partition coefficient (Wildman–Crippen LogP) is 4.10. The van der Waals surface area contributed by atoms with Crippen molar-refractivity contribution in [1.82, 2.24) is 9.71 Å². The van der Waals surface area contributed by atoms with Crippen LogP contribution in [-0.4, -0.2) is 27.4 Å². The smallest absolute Gasteiger partial charge is 0.416 e. The minimum atomic E-state index is -4.58. The Kier molecular flexibility index (Phi) is 7.16. The molecule has 1 heterocycles. The van der Waals surface area contributed by atoms with Crippen LogP contribution in [0.25, 0.3) is 0 Å². The molecule has 0 bridgehead atoms. The Bertz CT molecular complexity index is 885. The van der Waals surface area contributed by atoms with Gasteiger partial charge in [0.05, 0.1) is 19.1 Å². The standard InChI is InChI=1S/C20H22F4N2O3S/c1-18(2,3)30(28)26-19(12-16(27)29-4,17-15(21)6-5-11-25-17)13-7-9-14(10-8-13)20(22,23)24/h5-11,26H,12H2,1-4H3/t19-,30?/m0/s1. The maximum Gasteiger partial charge on any atom is 0.416 e. The number of ether oxygens (including phenoxy) is 1. The van der Waals surface area contributed by atoms with Crippen LogP contribution in [0.5, 0.6) is 0 Å². The lowest BCUT2D eigenvalue weighted by molar-refractivity contribution is -0.142. The van der Waals surface area contributed by atoms with E-state index in [-0.39, 0.29) is 11.3 Å². The van der Waals surface area contributed by atoms with Crippen molar-refractivity contribution in [3.8, 4) is 0 Å². The Morgan fingerprint density at radius 1 is 1.13 bits per heavy atom. The highest BCUT2D eigenvalue weighted by Crippen LogP contribution is 2.38. The average molecular weight is 446 g/mol. The van der Waals surface area contributed by atoms with Gasteiger partial charge in [0.1, 0.15) is 21.8 Å². The molecule has 2 aromatic rings. The molecule has 0 radical (unpaired) electrons. The first-order chi connectivity index (χ1) is 13.8. The molecule has 10 heteroatoms. The molecule has 164 valence electrons. The van der Waals surface area contributed by atoms with Gasteiger partial charge in [0, 0.05) is 17.6 Å². The van der Waals surface area contributed by atoms with Crippen LogP contribution in [0.3, 0.4) is 0 Å². The first-order valence-electron chi connectivity index (χ1n) is 8.86. The van der Waals surface area contributed by atoms with Gasteiger partial charge >= 0.3 is 12.1 Å². The van der Waals surface area contributed by atoms with Crippen molar-refractivity contribution in [3.05, 3.63) is 65.2 Å². The molecule has 0 aliphatic rings. The number of nitrogens with zero attached hydrogens (tertiary/aromatic N) is 1. The average Bonchev–Trinajstić information content (AvgIpc) is 2.66. The molecule has 0 saturated heterocycles. The predicted molar refractivity (Wildman–Crippen MR) is 104 cm³/mol. The number of aromatic nitrogens is 1. The van der Waals surface area contributed by atoms with Gasteiger partial charge in [-0.15, -0.1) is 4.72 Å². The first-order valence-corrected chi connectivity index (χ1v) is 10.0. The van der Waals surface area contributed by atoms with Gasteiger partial charge in [-0.25, -0.2) is 4.39 Å². The number of carbonyl (C=O) groups is 1. The van der Waals surface area contributed by atoms with E-state index >= 15 is 0 Å². The van der Waals surface area contributed by atoms with Crippen LogP contribution in [-0.2, 0) is 32.6 Å². The van der Waals surface area contributed by atoms with E-state index in [1.807, 2.05) is 0 Å². The number of hydrogen-bond acceptors (Lipinski definition) is 5. The third kappa shape index (κ3) is 5.30. The van der Waals surface area contributed by atoms with Crippen molar-refractivity contribution < 1.29 is 31.6 Å². The quantitative estimate of drug-likeness (QED) is 0.411. The monoisotopic (exact) mass is 446 g/mol. The van der Waals surface area contributed by atoms with Gasteiger partial charge < -0.3 is 9.29 Å². The number of halogens is 4. The molecule has 30 heavy (non-hydrogen) atoms. The fourth-order valence-electron chi connectivity index (χ4n) is 2.71. The molecule has 2 rings (SSSR count). The summed E-state index contributed by atoms with van der Waals surface area (Å²) >= 11 is -1.84. The molecular weight excluding hydrogens is 424 g/mol. The number of carbonyl (C=O) groups excluding carboxylic acids is 1. The van der Waals surface area contributed by atoms with Crippen molar-refractivity contribution >= 4 is 17.3 Å². The molecule has 0 fully saturated rings. The van der Waals surface area contributed by atoms with Crippen molar-refractivity contribution in [3.63, 3.8) is 0 Å². The fraction of sp³-hybridized carbons (Fsp3) is 0.400. The summed E-state index contributed by atoms with van der Waals surface area (Å²) in [7, 11) is 1.12. The lowest BCUT2D eigenvalue weighted by Gasteiger charge is -2.37. The summed E-state index contributed by atoms with van der Waals surface area (Å²) in [6.07, 6.45) is -3.86. The van der Waals surface area contributed by atoms with E-state index in [0.717, 1.165) is 37.4 Å². The Balaban J connectivity index is 2.75. The van der Waals surface area contributed by atoms with Crippen LogP contribution in [0.2, 0.25) is 0 Å². The van der Waals surface area contributed by atoms with Gasteiger partial charge in [0.15, 0.2) is 0 Å². The zero-order valence-corrected chi connectivity index (χ0v) is 17.7. The summed E-state index contributed by atoms with van der Waals surface area (Å²) < 4.78 is 73.5. The highest BCUT2D eigenvalue weighted by molar-refractivity contribution is 7.90. The van der Waals surface area contributed by atoms with Gasteiger partial charge in [0.2, 0.25) is 0 Å². The molecule has 0 amide bonds. The van der Waals surface area contributed by atoms with Crippen molar-refractivity contribution in [2.45, 2.75) is 43.7 Å². The molecule has 5 nitrogen and oxygen atoms in total. The summed E-state index contributed by atoms with van der Waals surface area (Å²) in [4.78, 5) is 16.3. The van der Waals surface area contributed by atoms with Gasteiger partial charge in [-0.2, -0.15) is 13.2 Å². The summed E-state index contributed by atoms with van der Waals surface area (Å²) in [5, 5.41) is 0. The molecule has 0 spiro atoms. The van der Waals surface area contributed by atoms with E-state index in [9.17, 15) is 26.9 Å². The minimum Gasteiger partial charge on any atom is -0.598 e. The lowest BCUT2D eigenvalue weighted by atomic mass is 9.83. The van der Waals surface area contributed by atoms with E-state index in [1.165, 1.54) is 12.3 Å². The van der Waals surface area contributed by atoms with Crippen molar-refractivity contribution in [2.75, 3.05) is 7.11 Å². The zero-order valence-electron chi connectivity index (χ0n) is 16.8. The maximum atomic E-state index is 14.8. The highest BCUT2D eigenvalue weighted by atomic mass is 32.2. The van der Waals surface area contributed by atoms with Crippen molar-refractivity contribution in [2.24, 2.45) is 0 Å². The van der Waals surface area contributed by atoms with E-state index < -0.39 is 51.6 Å². The number of esters is 1. The highest BCUT2D eigenvalue weighted by Gasteiger charge is 2.47. The SMILES string of the molecule is COC(=O)C[C@](N[S+]([O-])C(C)(C)C)(c1ccc(C(F)(F)F)cc1)c1ncccc1F. The van der Waals surface area contributed by atoms with Crippen LogP contribution < -0.4 is 4.72 Å². The number of pyridine rings is 1. The third-order valence-corrected chi connectivity index (χ3v) is 5.97. The molecule has 0 saturated carbocycles. The summed E-state index contributed by atoms with van der Waals surface area (Å²) in [6.45, 7) is 4.96. The zero-order chi connectivity index (χ0) is 22.7. The topological polar surface area (TPSA) is 74.3 Å². The second-order valence-corrected chi connectivity index (χ2v) is 9.52. The van der Waals surface area contributed by atoms with Crippen LogP contribution >= 0.6 is 0 Å². The second-order valence-electron chi connectivity index (χ2n) is 7.55. The Hall–Kier alpha value is -2.17. The molecule has 0 aliphatic carbocycles. The molecule has 1 N–H and O–H groups in total. The van der Waals surface area contributed by atoms with Gasteiger partial charge in [0.25, 0.3) is 0 Å². The van der Waals surface area contributed by atoms with Gasteiger partial charge in [-0.3, -0.25) is 9.78 Å². The van der Waals surface area contributed by atoms with Gasteiger partial charge in [-0.05, 0) is 50.6 Å². The van der Waals surface area contributed by atoms with E-state index in [2.05, 4.69) is 9.71 Å². The first kappa shape index (κ1) is 24.1. The molecule has 1 aromatic carbocycles. The van der Waals surface area contributed by atoms with Crippen LogP contribution in [0.1, 0.15) is 44.0 Å². The number of nitrogens with one attached hydrogen (secondary N) is 1. The number of alkyl halides is 3. The molecular formula is C20H22F4N2O3S. The summed E-state index contributed by atoms with van der Waals surface area (Å²) in [6, 6.07) is 6.25. The summed E-state index contributed by atoms with van der Waals surface area (Å²) in [5.74, 6) is -1.61. The Labute approximate surface area is 175 Å². The van der Waals surface area contributed by atoms with Crippen LogP contribution in [0.4, 0.5) is 17.6 Å². The van der Waals surface area contributed by atoms with Crippen LogP contribution in [0.15, 0.2) is 42.6 Å². The van der Waals surface area contributed by atoms with E-state index in [4.69, 9.17) is 4.74 Å². The minimum absolute atomic E-state index is 0.0797. The van der Waals surface area contributed by atoms with E-state index in [0.29, 0.717) is 0 Å². The molecule has 1 unspecified atom stereocenters. The van der Waals surface area contributed by atoms with Gasteiger partial charge in [-0.1, -0.05) is 12.1 Å². The van der Waals surface area contributed by atoms with E-state index in [1.54, 1.807) is 20.8 Å². The Morgan fingerprint density at radius 2 is 1.70 bits per heavy atom. The maximum absolute atomic E-state index is 14.8. The number of methoxy groups -OCH3 is 1. The normalized spacial score (nSPS) is 15.4. The fourth-order valence-corrected chi connectivity index (χ4v) is 3.62. The number of hydrogen-bond donors (Lipinski definition) is 1. The summed E-state index contributed by atoms with van der Waals surface area (Å²) in [5.41, 5.74) is -2.96. The lowest BCUT2D eigenvalue weighted by Crippen LogP contribution is -2.54. The molecule has 2 atom stereocenters. The van der Waals surface area contributed by atoms with Crippen LogP contribution in [0, 0.1) is 5.82 Å². The Morgan fingerprint density at radius 3 is 2.17 bits per heavy atom. The van der Waals surface area contributed by atoms with Crippen molar-refractivity contribution in [1.29, 1.82) is 0 Å². The molecule has 1 aromatic heterocycles. The number of benzene rings is 1. The largest absolute Gasteiger partial charge is 0.598 e. The number of rotatable bonds is 6. The third-order valence-electron chi connectivity index (χ3n) is 4.33.